The van der Waals surface area contributed by atoms with Crippen molar-refractivity contribution in [2.75, 3.05) is 23.3 Å². The third kappa shape index (κ3) is 2.53. The summed E-state index contributed by atoms with van der Waals surface area (Å²) in [7, 11) is 0. The van der Waals surface area contributed by atoms with Crippen molar-refractivity contribution in [1.82, 2.24) is 0 Å². The Morgan fingerprint density at radius 3 is 2.89 bits per heavy atom. The molecule has 2 rings (SSSR count). The number of carbonyl (C=O) groups is 2. The van der Waals surface area contributed by atoms with Crippen molar-refractivity contribution in [2.24, 2.45) is 5.92 Å². The molecule has 0 saturated carbocycles. The minimum absolute atomic E-state index is 0.0437. The minimum Gasteiger partial charge on any atom is -0.353 e. The van der Waals surface area contributed by atoms with E-state index in [1.165, 1.54) is 0 Å². The number of hydrogen-bond acceptors (Lipinski definition) is 3. The van der Waals surface area contributed by atoms with Gasteiger partial charge in [-0.05, 0) is 18.6 Å². The van der Waals surface area contributed by atoms with E-state index in [0.717, 1.165) is 17.8 Å². The zero-order valence-electron chi connectivity index (χ0n) is 10.8. The van der Waals surface area contributed by atoms with Crippen molar-refractivity contribution >= 4 is 23.1 Å². The van der Waals surface area contributed by atoms with E-state index in [4.69, 9.17) is 0 Å². The highest BCUT2D eigenvalue weighted by Gasteiger charge is 2.24. The van der Waals surface area contributed by atoms with E-state index in [-0.39, 0.29) is 24.2 Å². The van der Waals surface area contributed by atoms with Gasteiger partial charge in [0.05, 0.1) is 24.5 Å². The fourth-order valence-corrected chi connectivity index (χ4v) is 2.02. The molecule has 0 fully saturated rings. The second kappa shape index (κ2) is 5.21. The summed E-state index contributed by atoms with van der Waals surface area (Å²) in [6.07, 6.45) is 0.834. The van der Waals surface area contributed by atoms with Crippen molar-refractivity contribution < 1.29 is 9.59 Å². The van der Waals surface area contributed by atoms with Crippen molar-refractivity contribution in [3.63, 3.8) is 0 Å². The van der Waals surface area contributed by atoms with Crippen LogP contribution in [0, 0.1) is 5.92 Å². The van der Waals surface area contributed by atoms with Crippen LogP contribution >= 0.6 is 0 Å². The number of hydrogen-bond donors (Lipinski definition) is 1. The predicted octanol–water partition coefficient (Wildman–Crippen LogP) is 2.06. The molecule has 4 nitrogen and oxygen atoms in total. The number of anilines is 2. The average Bonchev–Trinajstić information content (AvgIpc) is 2.37. The van der Waals surface area contributed by atoms with E-state index in [0.29, 0.717) is 6.54 Å². The molecule has 4 heteroatoms. The molecule has 0 aromatic heterocycles. The van der Waals surface area contributed by atoms with Gasteiger partial charge in [-0.3, -0.25) is 9.59 Å². The quantitative estimate of drug-likeness (QED) is 0.884. The first-order valence-electron chi connectivity index (χ1n) is 6.28. The van der Waals surface area contributed by atoms with E-state index < -0.39 is 0 Å². The number of para-hydroxylation sites is 2. The molecule has 1 atom stereocenters. The van der Waals surface area contributed by atoms with Crippen LogP contribution in [0.15, 0.2) is 24.3 Å². The number of carbonyl (C=O) groups excluding carboxylic acids is 2. The molecule has 1 aromatic carbocycles. The molecule has 0 spiro atoms. The predicted molar refractivity (Wildman–Crippen MR) is 71.7 cm³/mol. The molecular formula is C14H18N2O2. The van der Waals surface area contributed by atoms with Crippen LogP contribution in [0.3, 0.4) is 0 Å². The fraction of sp³-hybridized carbons (Fsp3) is 0.429. The Balaban J connectivity index is 2.19. The number of rotatable bonds is 4. The standard InChI is InChI=1S/C14H18N2O2/c1-3-10(2)13(17)8-16-9-14(18)15-11-6-4-5-7-12(11)16/h4-7,10H,3,8-9H2,1-2H3,(H,15,18). The maximum atomic E-state index is 12.0. The Kier molecular flexibility index (Phi) is 3.65. The van der Waals surface area contributed by atoms with Crippen molar-refractivity contribution in [3.05, 3.63) is 24.3 Å². The Hall–Kier alpha value is -1.84. The highest BCUT2D eigenvalue weighted by atomic mass is 16.2. The molecule has 0 bridgehead atoms. The van der Waals surface area contributed by atoms with Gasteiger partial charge < -0.3 is 10.2 Å². The second-order valence-corrected chi connectivity index (χ2v) is 4.70. The van der Waals surface area contributed by atoms with Crippen LogP contribution in [-0.4, -0.2) is 24.8 Å². The van der Waals surface area contributed by atoms with E-state index in [2.05, 4.69) is 5.32 Å². The van der Waals surface area contributed by atoms with E-state index in [9.17, 15) is 9.59 Å². The van der Waals surface area contributed by atoms with Crippen LogP contribution in [0.1, 0.15) is 20.3 Å². The summed E-state index contributed by atoms with van der Waals surface area (Å²) in [5.74, 6) is 0.162. The molecule has 0 radical (unpaired) electrons. The summed E-state index contributed by atoms with van der Waals surface area (Å²) in [4.78, 5) is 25.4. The zero-order chi connectivity index (χ0) is 13.1. The third-order valence-electron chi connectivity index (χ3n) is 3.36. The topological polar surface area (TPSA) is 49.4 Å². The molecule has 1 aromatic rings. The van der Waals surface area contributed by atoms with Gasteiger partial charge in [0.15, 0.2) is 5.78 Å². The third-order valence-corrected chi connectivity index (χ3v) is 3.36. The normalized spacial score (nSPS) is 15.9. The maximum absolute atomic E-state index is 12.0. The van der Waals surface area contributed by atoms with Gasteiger partial charge in [0.1, 0.15) is 0 Å². The van der Waals surface area contributed by atoms with Gasteiger partial charge in [0.2, 0.25) is 5.91 Å². The van der Waals surface area contributed by atoms with E-state index >= 15 is 0 Å². The lowest BCUT2D eigenvalue weighted by molar-refractivity contribution is -0.121. The Morgan fingerprint density at radius 2 is 2.17 bits per heavy atom. The molecule has 18 heavy (non-hydrogen) atoms. The molecule has 1 unspecified atom stereocenters. The lowest BCUT2D eigenvalue weighted by atomic mass is 10.0. The van der Waals surface area contributed by atoms with Crippen molar-refractivity contribution in [3.8, 4) is 0 Å². The Labute approximate surface area is 107 Å². The summed E-state index contributed by atoms with van der Waals surface area (Å²) in [5, 5.41) is 2.81. The number of nitrogens with zero attached hydrogens (tertiary/aromatic N) is 1. The lowest BCUT2D eigenvalue weighted by Crippen LogP contribution is -2.42. The summed E-state index contributed by atoms with van der Waals surface area (Å²) in [6.45, 7) is 4.48. The number of ketones is 1. The van der Waals surface area contributed by atoms with Gasteiger partial charge in [-0.2, -0.15) is 0 Å². The maximum Gasteiger partial charge on any atom is 0.243 e. The molecule has 1 heterocycles. The molecule has 0 saturated heterocycles. The summed E-state index contributed by atoms with van der Waals surface area (Å²) < 4.78 is 0. The zero-order valence-corrected chi connectivity index (χ0v) is 10.8. The Bertz CT molecular complexity index is 471. The van der Waals surface area contributed by atoms with Crippen LogP contribution < -0.4 is 10.2 Å². The second-order valence-electron chi connectivity index (χ2n) is 4.70. The first-order chi connectivity index (χ1) is 8.61. The fourth-order valence-electron chi connectivity index (χ4n) is 2.02. The first-order valence-corrected chi connectivity index (χ1v) is 6.28. The van der Waals surface area contributed by atoms with Crippen LogP contribution in [0.5, 0.6) is 0 Å². The minimum atomic E-state index is -0.0642. The van der Waals surface area contributed by atoms with Crippen LogP contribution in [0.4, 0.5) is 11.4 Å². The molecule has 1 aliphatic rings. The first kappa shape index (κ1) is 12.6. The van der Waals surface area contributed by atoms with Gasteiger partial charge in [0, 0.05) is 5.92 Å². The number of Topliss-reactive ketones (excluding diaryl/α,β-unsaturated/α-hetero) is 1. The van der Waals surface area contributed by atoms with Crippen molar-refractivity contribution in [1.29, 1.82) is 0 Å². The SMILES string of the molecule is CCC(C)C(=O)CN1CC(=O)Nc2ccccc21. The van der Waals surface area contributed by atoms with Crippen LogP contribution in [-0.2, 0) is 9.59 Å². The number of benzene rings is 1. The number of amides is 1. The van der Waals surface area contributed by atoms with Gasteiger partial charge >= 0.3 is 0 Å². The van der Waals surface area contributed by atoms with Gasteiger partial charge in [0.25, 0.3) is 0 Å². The smallest absolute Gasteiger partial charge is 0.243 e. The number of nitrogens with one attached hydrogen (secondary N) is 1. The molecule has 1 amide bonds. The van der Waals surface area contributed by atoms with Crippen LogP contribution in [0.2, 0.25) is 0 Å². The largest absolute Gasteiger partial charge is 0.353 e. The van der Waals surface area contributed by atoms with Crippen LogP contribution in [0.25, 0.3) is 0 Å². The molecule has 1 N–H and O–H groups in total. The summed E-state index contributed by atoms with van der Waals surface area (Å²) in [6, 6.07) is 7.57. The molecular weight excluding hydrogens is 228 g/mol. The van der Waals surface area contributed by atoms with E-state index in [1.807, 2.05) is 43.0 Å². The monoisotopic (exact) mass is 246 g/mol. The lowest BCUT2D eigenvalue weighted by Gasteiger charge is -2.30. The molecule has 96 valence electrons. The van der Waals surface area contributed by atoms with Crippen molar-refractivity contribution in [2.45, 2.75) is 20.3 Å². The highest BCUT2D eigenvalue weighted by molar-refractivity contribution is 6.02. The summed E-state index contributed by atoms with van der Waals surface area (Å²) >= 11 is 0. The molecule has 0 aliphatic carbocycles. The van der Waals surface area contributed by atoms with Gasteiger partial charge in [-0.15, -0.1) is 0 Å². The van der Waals surface area contributed by atoms with E-state index in [1.54, 1.807) is 0 Å². The molecule has 1 aliphatic heterocycles. The summed E-state index contributed by atoms with van der Waals surface area (Å²) in [5.41, 5.74) is 1.71. The van der Waals surface area contributed by atoms with Gasteiger partial charge in [-0.1, -0.05) is 26.0 Å². The highest BCUT2D eigenvalue weighted by Crippen LogP contribution is 2.28. The number of fused-ring (bicyclic) bond motifs is 1. The van der Waals surface area contributed by atoms with Gasteiger partial charge in [-0.25, -0.2) is 0 Å². The average molecular weight is 246 g/mol. The Morgan fingerprint density at radius 1 is 1.44 bits per heavy atom.